The van der Waals surface area contributed by atoms with Crippen LogP contribution >= 0.6 is 23.2 Å². The van der Waals surface area contributed by atoms with Gasteiger partial charge >= 0.3 is 0 Å². The normalized spacial score (nSPS) is 10.4. The van der Waals surface area contributed by atoms with E-state index < -0.39 is 0 Å². The highest BCUT2D eigenvalue weighted by Crippen LogP contribution is 2.27. The van der Waals surface area contributed by atoms with Gasteiger partial charge in [-0.3, -0.25) is 4.79 Å². The fourth-order valence-electron chi connectivity index (χ4n) is 2.64. The molecule has 6 heteroatoms. The maximum absolute atomic E-state index is 12.1. The van der Waals surface area contributed by atoms with Gasteiger partial charge in [0.25, 0.3) is 5.91 Å². The predicted octanol–water partition coefficient (Wildman–Crippen LogP) is 5.93. The van der Waals surface area contributed by atoms with Crippen LogP contribution in [0.25, 0.3) is 0 Å². The van der Waals surface area contributed by atoms with Crippen LogP contribution in [0.1, 0.15) is 11.1 Å². The van der Waals surface area contributed by atoms with Crippen molar-refractivity contribution in [2.24, 2.45) is 0 Å². The highest BCUT2D eigenvalue weighted by molar-refractivity contribution is 6.33. The minimum atomic E-state index is -0.244. The molecule has 2 N–H and O–H groups in total. The molecule has 0 atom stereocenters. The van der Waals surface area contributed by atoms with Crippen molar-refractivity contribution < 1.29 is 9.53 Å². The van der Waals surface area contributed by atoms with Crippen molar-refractivity contribution in [2.75, 3.05) is 17.2 Å². The summed E-state index contributed by atoms with van der Waals surface area (Å²) in [6, 6.07) is 20.6. The van der Waals surface area contributed by atoms with Crippen molar-refractivity contribution in [3.63, 3.8) is 0 Å². The lowest BCUT2D eigenvalue weighted by atomic mass is 10.2. The highest BCUT2D eigenvalue weighted by Gasteiger charge is 2.08. The van der Waals surface area contributed by atoms with E-state index >= 15 is 0 Å². The van der Waals surface area contributed by atoms with E-state index in [0.717, 1.165) is 22.5 Å². The zero-order chi connectivity index (χ0) is 19.9. The molecule has 0 aromatic heterocycles. The van der Waals surface area contributed by atoms with Gasteiger partial charge in [0.15, 0.2) is 6.61 Å². The van der Waals surface area contributed by atoms with Gasteiger partial charge in [-0.15, -0.1) is 0 Å². The lowest BCUT2D eigenvalue weighted by molar-refractivity contribution is -0.118. The number of halogens is 2. The molecule has 3 aromatic carbocycles. The Morgan fingerprint density at radius 2 is 1.79 bits per heavy atom. The van der Waals surface area contributed by atoms with Crippen LogP contribution in [0.3, 0.4) is 0 Å². The lowest BCUT2D eigenvalue weighted by Crippen LogP contribution is -2.20. The molecule has 0 aliphatic heterocycles. The fraction of sp³-hybridized carbons (Fsp3) is 0.136. The first-order valence-electron chi connectivity index (χ1n) is 8.77. The van der Waals surface area contributed by atoms with Crippen LogP contribution < -0.4 is 15.4 Å². The SMILES string of the molecule is Cc1cccc(NC(=O)COc2ccc(CNc3ccccc3Cl)cc2Cl)c1. The Labute approximate surface area is 174 Å². The second kappa shape index (κ2) is 9.49. The molecule has 0 saturated heterocycles. The predicted molar refractivity (Wildman–Crippen MR) is 116 cm³/mol. The van der Waals surface area contributed by atoms with E-state index in [4.69, 9.17) is 27.9 Å². The molecule has 0 saturated carbocycles. The Hall–Kier alpha value is -2.69. The first-order chi connectivity index (χ1) is 13.5. The zero-order valence-corrected chi connectivity index (χ0v) is 16.8. The summed E-state index contributed by atoms with van der Waals surface area (Å²) in [5.41, 5.74) is 3.64. The number of benzene rings is 3. The van der Waals surface area contributed by atoms with Gasteiger partial charge in [0.2, 0.25) is 0 Å². The molecule has 0 bridgehead atoms. The standard InChI is InChI=1S/C22H20Cl2N2O2/c1-15-5-4-6-17(11-15)26-22(27)14-28-21-10-9-16(12-19(21)24)13-25-20-8-3-2-7-18(20)23/h2-12,25H,13-14H2,1H3,(H,26,27). The van der Waals surface area contributed by atoms with Crippen LogP contribution in [0.4, 0.5) is 11.4 Å². The van der Waals surface area contributed by atoms with Crippen molar-refractivity contribution >= 4 is 40.5 Å². The van der Waals surface area contributed by atoms with Crippen LogP contribution in [0, 0.1) is 6.92 Å². The van der Waals surface area contributed by atoms with Crippen molar-refractivity contribution in [2.45, 2.75) is 13.5 Å². The number of hydrogen-bond donors (Lipinski definition) is 2. The van der Waals surface area contributed by atoms with E-state index in [-0.39, 0.29) is 12.5 Å². The maximum Gasteiger partial charge on any atom is 0.262 e. The Kier molecular flexibility index (Phi) is 6.80. The Bertz CT molecular complexity index is 976. The number of ether oxygens (including phenoxy) is 1. The molecule has 28 heavy (non-hydrogen) atoms. The van der Waals surface area contributed by atoms with Crippen LogP contribution in [0.15, 0.2) is 66.7 Å². The summed E-state index contributed by atoms with van der Waals surface area (Å²) in [7, 11) is 0. The van der Waals surface area contributed by atoms with Gasteiger partial charge < -0.3 is 15.4 Å². The smallest absolute Gasteiger partial charge is 0.262 e. The minimum Gasteiger partial charge on any atom is -0.482 e. The summed E-state index contributed by atoms with van der Waals surface area (Å²) >= 11 is 12.4. The van der Waals surface area contributed by atoms with E-state index in [0.29, 0.717) is 22.3 Å². The van der Waals surface area contributed by atoms with Crippen molar-refractivity contribution in [3.05, 3.63) is 87.9 Å². The maximum atomic E-state index is 12.1. The summed E-state index contributed by atoms with van der Waals surface area (Å²) in [6.07, 6.45) is 0. The Morgan fingerprint density at radius 3 is 2.54 bits per heavy atom. The number of carbonyl (C=O) groups is 1. The third kappa shape index (κ3) is 5.65. The van der Waals surface area contributed by atoms with Crippen molar-refractivity contribution in [3.8, 4) is 5.75 Å². The molecule has 0 aliphatic carbocycles. The molecule has 4 nitrogen and oxygen atoms in total. The highest BCUT2D eigenvalue weighted by atomic mass is 35.5. The largest absolute Gasteiger partial charge is 0.482 e. The van der Waals surface area contributed by atoms with Gasteiger partial charge in [0.05, 0.1) is 15.7 Å². The topological polar surface area (TPSA) is 50.4 Å². The molecular weight excluding hydrogens is 395 g/mol. The number of aryl methyl sites for hydroxylation is 1. The van der Waals surface area contributed by atoms with Gasteiger partial charge in [0.1, 0.15) is 5.75 Å². The van der Waals surface area contributed by atoms with E-state index in [1.165, 1.54) is 0 Å². The molecule has 0 spiro atoms. The second-order valence-electron chi connectivity index (χ2n) is 6.30. The van der Waals surface area contributed by atoms with E-state index in [2.05, 4.69) is 10.6 Å². The number of nitrogens with one attached hydrogen (secondary N) is 2. The van der Waals surface area contributed by atoms with Crippen LogP contribution in [0.2, 0.25) is 10.0 Å². The third-order valence-electron chi connectivity index (χ3n) is 4.01. The van der Waals surface area contributed by atoms with Gasteiger partial charge in [-0.05, 0) is 54.4 Å². The summed E-state index contributed by atoms with van der Waals surface area (Å²) in [5, 5.41) is 7.17. The van der Waals surface area contributed by atoms with Gasteiger partial charge in [-0.25, -0.2) is 0 Å². The fourth-order valence-corrected chi connectivity index (χ4v) is 3.10. The number of carbonyl (C=O) groups excluding carboxylic acids is 1. The van der Waals surface area contributed by atoms with Gasteiger partial charge in [-0.2, -0.15) is 0 Å². The average molecular weight is 415 g/mol. The molecule has 144 valence electrons. The molecule has 1 amide bonds. The summed E-state index contributed by atoms with van der Waals surface area (Å²) in [4.78, 5) is 12.1. The zero-order valence-electron chi connectivity index (χ0n) is 15.3. The van der Waals surface area contributed by atoms with Gasteiger partial charge in [0, 0.05) is 12.2 Å². The summed E-state index contributed by atoms with van der Waals surface area (Å²) < 4.78 is 5.55. The summed E-state index contributed by atoms with van der Waals surface area (Å²) in [5.74, 6) is 0.216. The summed E-state index contributed by atoms with van der Waals surface area (Å²) in [6.45, 7) is 2.41. The van der Waals surface area contributed by atoms with Crippen molar-refractivity contribution in [1.29, 1.82) is 0 Å². The minimum absolute atomic E-state index is 0.120. The van der Waals surface area contributed by atoms with Gasteiger partial charge in [-0.1, -0.05) is 53.5 Å². The molecule has 0 fully saturated rings. The van der Waals surface area contributed by atoms with Crippen LogP contribution in [0.5, 0.6) is 5.75 Å². The Balaban J connectivity index is 1.54. The first kappa shape index (κ1) is 20.1. The van der Waals surface area contributed by atoms with Crippen LogP contribution in [-0.4, -0.2) is 12.5 Å². The quantitative estimate of drug-likeness (QED) is 0.503. The van der Waals surface area contributed by atoms with E-state index in [9.17, 15) is 4.79 Å². The number of rotatable bonds is 7. The molecular formula is C22H20Cl2N2O2. The molecule has 3 rings (SSSR count). The number of anilines is 2. The van der Waals surface area contributed by atoms with Crippen molar-refractivity contribution in [1.82, 2.24) is 0 Å². The first-order valence-corrected chi connectivity index (χ1v) is 9.53. The van der Waals surface area contributed by atoms with E-state index in [1.807, 2.05) is 61.5 Å². The molecule has 0 heterocycles. The molecule has 3 aromatic rings. The third-order valence-corrected chi connectivity index (χ3v) is 4.64. The lowest BCUT2D eigenvalue weighted by Gasteiger charge is -2.12. The van der Waals surface area contributed by atoms with E-state index in [1.54, 1.807) is 12.1 Å². The monoisotopic (exact) mass is 414 g/mol. The number of hydrogen-bond acceptors (Lipinski definition) is 3. The molecule has 0 radical (unpaired) electrons. The number of amides is 1. The average Bonchev–Trinajstić information content (AvgIpc) is 2.66. The molecule has 0 unspecified atom stereocenters. The second-order valence-corrected chi connectivity index (χ2v) is 7.12. The Morgan fingerprint density at radius 1 is 0.964 bits per heavy atom. The molecule has 0 aliphatic rings. The number of para-hydroxylation sites is 1. The van der Waals surface area contributed by atoms with Crippen LogP contribution in [-0.2, 0) is 11.3 Å².